The van der Waals surface area contributed by atoms with Gasteiger partial charge in [-0.3, -0.25) is 0 Å². The van der Waals surface area contributed by atoms with Gasteiger partial charge in [-0.15, -0.1) is 0 Å². The van der Waals surface area contributed by atoms with Crippen molar-refractivity contribution in [1.29, 1.82) is 0 Å². The molecule has 0 saturated heterocycles. The quantitative estimate of drug-likeness (QED) is 0.161. The number of hydrogen-bond acceptors (Lipinski definition) is 2. The zero-order chi connectivity index (χ0) is 33.4. The zero-order valence-electron chi connectivity index (χ0n) is 27.5. The Labute approximate surface area is 291 Å². The second-order valence-corrected chi connectivity index (χ2v) is 12.6. The van der Waals surface area contributed by atoms with Gasteiger partial charge in [-0.1, -0.05) is 140 Å². The predicted molar refractivity (Wildman–Crippen MR) is 214 cm³/mol. The summed E-state index contributed by atoms with van der Waals surface area (Å²) in [7, 11) is 0. The molecule has 0 aliphatic carbocycles. The lowest BCUT2D eigenvalue weighted by atomic mass is 10.00. The number of benzene rings is 8. The number of anilines is 3. The minimum absolute atomic E-state index is 0.762. The third-order valence-electron chi connectivity index (χ3n) is 9.61. The number of rotatable bonds is 7. The average molecular weight is 640 g/mol. The fraction of sp³-hybridized carbons (Fsp3) is 0. The van der Waals surface area contributed by atoms with Gasteiger partial charge < -0.3 is 9.32 Å². The van der Waals surface area contributed by atoms with Crippen molar-refractivity contribution >= 4 is 78.6 Å². The topological polar surface area (TPSA) is 16.4 Å². The highest BCUT2D eigenvalue weighted by Gasteiger charge is 2.18. The Bertz CT molecular complexity index is 2730. The van der Waals surface area contributed by atoms with Crippen LogP contribution in [-0.4, -0.2) is 0 Å². The molecule has 8 aromatic carbocycles. The third kappa shape index (κ3) is 5.24. The van der Waals surface area contributed by atoms with Crippen molar-refractivity contribution in [2.45, 2.75) is 0 Å². The van der Waals surface area contributed by atoms with Crippen LogP contribution >= 0.6 is 0 Å². The summed E-state index contributed by atoms with van der Waals surface area (Å²) < 4.78 is 6.31. The minimum atomic E-state index is 0.762. The first kappa shape index (κ1) is 29.5. The summed E-state index contributed by atoms with van der Waals surface area (Å²) in [6, 6.07) is 60.6. The van der Waals surface area contributed by atoms with Gasteiger partial charge in [0.05, 0.1) is 5.69 Å². The molecule has 0 unspecified atom stereocenters. The van der Waals surface area contributed by atoms with Gasteiger partial charge in [0.1, 0.15) is 11.3 Å². The van der Waals surface area contributed by atoms with Crippen LogP contribution < -0.4 is 4.90 Å². The van der Waals surface area contributed by atoms with Crippen LogP contribution in [0.1, 0.15) is 16.9 Å². The van der Waals surface area contributed by atoms with E-state index in [0.29, 0.717) is 0 Å². The molecule has 0 saturated carbocycles. The molecule has 1 aromatic heterocycles. The molecule has 0 fully saturated rings. The molecule has 0 aliphatic rings. The van der Waals surface area contributed by atoms with Crippen LogP contribution in [-0.2, 0) is 0 Å². The highest BCUT2D eigenvalue weighted by Crippen LogP contribution is 2.41. The molecular weight excluding hydrogens is 607 g/mol. The second-order valence-electron chi connectivity index (χ2n) is 12.6. The SMILES string of the molecule is C=Cc1oc2cc3ccccc3cc2c1/C=C/c1ccccc1N(c1cccc(-c2ccccc2)c1)c1ccc2c(ccc3ccccc32)c1. The molecule has 0 N–H and O–H groups in total. The molecule has 50 heavy (non-hydrogen) atoms. The Morgan fingerprint density at radius 1 is 0.460 bits per heavy atom. The molecular formula is C48H33NO. The van der Waals surface area contributed by atoms with Crippen LogP contribution in [0.3, 0.4) is 0 Å². The van der Waals surface area contributed by atoms with E-state index in [0.717, 1.165) is 50.3 Å². The number of para-hydroxylation sites is 1. The van der Waals surface area contributed by atoms with Crippen LogP contribution in [0.2, 0.25) is 0 Å². The standard InChI is InChI=1S/C48H33NO/c1-2-47-44(45-31-37-17-6-7-18-38(37)32-48(45)50-47)27-25-35-16-9-11-22-46(35)49(40-20-12-19-36(29-40)33-13-4-3-5-14-33)41-26-28-43-39(30-41)24-23-34-15-8-10-21-42(34)43/h2-32H,1H2/b27-25+. The molecule has 0 aliphatic heterocycles. The van der Waals surface area contributed by atoms with Crippen LogP contribution in [0.4, 0.5) is 17.1 Å². The lowest BCUT2D eigenvalue weighted by Gasteiger charge is -2.28. The van der Waals surface area contributed by atoms with Gasteiger partial charge in [0.25, 0.3) is 0 Å². The van der Waals surface area contributed by atoms with Crippen LogP contribution in [0.5, 0.6) is 0 Å². The lowest BCUT2D eigenvalue weighted by molar-refractivity contribution is 0.604. The Morgan fingerprint density at radius 2 is 1.14 bits per heavy atom. The van der Waals surface area contributed by atoms with E-state index >= 15 is 0 Å². The van der Waals surface area contributed by atoms with Gasteiger partial charge in [-0.05, 0) is 104 Å². The molecule has 236 valence electrons. The molecule has 0 radical (unpaired) electrons. The van der Waals surface area contributed by atoms with Crippen LogP contribution in [0.25, 0.3) is 72.6 Å². The molecule has 0 atom stereocenters. The first-order valence-electron chi connectivity index (χ1n) is 17.0. The van der Waals surface area contributed by atoms with E-state index in [1.165, 1.54) is 38.1 Å². The monoisotopic (exact) mass is 639 g/mol. The molecule has 9 aromatic rings. The van der Waals surface area contributed by atoms with Gasteiger partial charge in [0.2, 0.25) is 0 Å². The average Bonchev–Trinajstić information content (AvgIpc) is 3.53. The maximum Gasteiger partial charge on any atom is 0.136 e. The first-order chi connectivity index (χ1) is 24.7. The summed E-state index contributed by atoms with van der Waals surface area (Å²) in [6.07, 6.45) is 6.17. The Kier molecular flexibility index (Phi) is 7.33. The largest absolute Gasteiger partial charge is 0.456 e. The van der Waals surface area contributed by atoms with Gasteiger partial charge >= 0.3 is 0 Å². The van der Waals surface area contributed by atoms with Crippen molar-refractivity contribution in [3.8, 4) is 11.1 Å². The molecule has 0 amide bonds. The number of nitrogens with zero attached hydrogens (tertiary/aromatic N) is 1. The number of hydrogen-bond donors (Lipinski definition) is 0. The van der Waals surface area contributed by atoms with E-state index in [-0.39, 0.29) is 0 Å². The van der Waals surface area contributed by atoms with Crippen molar-refractivity contribution in [2.75, 3.05) is 4.90 Å². The fourth-order valence-corrected chi connectivity index (χ4v) is 7.17. The summed E-state index contributed by atoms with van der Waals surface area (Å²) in [5.74, 6) is 0.762. The predicted octanol–water partition coefficient (Wildman–Crippen LogP) is 13.8. The summed E-state index contributed by atoms with van der Waals surface area (Å²) in [5.41, 5.74) is 8.56. The minimum Gasteiger partial charge on any atom is -0.456 e. The molecule has 2 heteroatoms. The van der Waals surface area contributed by atoms with E-state index < -0.39 is 0 Å². The van der Waals surface area contributed by atoms with E-state index in [1.54, 1.807) is 6.08 Å². The molecule has 1 heterocycles. The van der Waals surface area contributed by atoms with Crippen molar-refractivity contribution < 1.29 is 4.42 Å². The highest BCUT2D eigenvalue weighted by molar-refractivity contribution is 6.09. The summed E-state index contributed by atoms with van der Waals surface area (Å²) >= 11 is 0. The maximum absolute atomic E-state index is 6.31. The Hall–Kier alpha value is -6.64. The molecule has 9 rings (SSSR count). The summed E-state index contributed by atoms with van der Waals surface area (Å²) in [6.45, 7) is 4.08. The van der Waals surface area contributed by atoms with Crippen molar-refractivity contribution in [1.82, 2.24) is 0 Å². The van der Waals surface area contributed by atoms with Gasteiger partial charge in [0, 0.05) is 22.3 Å². The van der Waals surface area contributed by atoms with E-state index in [1.807, 2.05) is 0 Å². The maximum atomic E-state index is 6.31. The normalized spacial score (nSPS) is 11.6. The summed E-state index contributed by atoms with van der Waals surface area (Å²) in [4.78, 5) is 2.37. The smallest absolute Gasteiger partial charge is 0.136 e. The summed E-state index contributed by atoms with van der Waals surface area (Å²) in [5, 5.41) is 8.36. The molecule has 0 bridgehead atoms. The van der Waals surface area contributed by atoms with Crippen LogP contribution in [0.15, 0.2) is 181 Å². The van der Waals surface area contributed by atoms with Gasteiger partial charge in [0.15, 0.2) is 0 Å². The first-order valence-corrected chi connectivity index (χ1v) is 17.0. The van der Waals surface area contributed by atoms with E-state index in [2.05, 4.69) is 193 Å². The Balaban J connectivity index is 1.22. The van der Waals surface area contributed by atoms with E-state index in [9.17, 15) is 0 Å². The van der Waals surface area contributed by atoms with Crippen molar-refractivity contribution in [2.24, 2.45) is 0 Å². The number of fused-ring (bicyclic) bond motifs is 5. The zero-order valence-corrected chi connectivity index (χ0v) is 27.5. The Morgan fingerprint density at radius 3 is 2.00 bits per heavy atom. The van der Waals surface area contributed by atoms with E-state index in [4.69, 9.17) is 4.42 Å². The fourth-order valence-electron chi connectivity index (χ4n) is 7.17. The van der Waals surface area contributed by atoms with Crippen LogP contribution in [0, 0.1) is 0 Å². The lowest BCUT2D eigenvalue weighted by Crippen LogP contribution is -2.11. The van der Waals surface area contributed by atoms with Gasteiger partial charge in [-0.25, -0.2) is 0 Å². The van der Waals surface area contributed by atoms with Gasteiger partial charge in [-0.2, -0.15) is 0 Å². The van der Waals surface area contributed by atoms with Crippen molar-refractivity contribution in [3.05, 3.63) is 193 Å². The third-order valence-corrected chi connectivity index (χ3v) is 9.61. The van der Waals surface area contributed by atoms with Crippen molar-refractivity contribution in [3.63, 3.8) is 0 Å². The number of furan rings is 1. The second kappa shape index (κ2) is 12.4. The highest BCUT2D eigenvalue weighted by atomic mass is 16.3. The molecule has 2 nitrogen and oxygen atoms in total. The molecule has 0 spiro atoms.